The lowest BCUT2D eigenvalue weighted by molar-refractivity contribution is -0.137. The second-order valence-corrected chi connectivity index (χ2v) is 7.43. The number of hydrogen-bond donors (Lipinski definition) is 1. The summed E-state index contributed by atoms with van der Waals surface area (Å²) in [7, 11) is 0. The third kappa shape index (κ3) is 5.10. The maximum absolute atomic E-state index is 12.8. The van der Waals surface area contributed by atoms with E-state index in [-0.39, 0.29) is 11.4 Å². The lowest BCUT2D eigenvalue weighted by Gasteiger charge is -2.16. The number of amides is 1. The lowest BCUT2D eigenvalue weighted by Crippen LogP contribution is -2.28. The summed E-state index contributed by atoms with van der Waals surface area (Å²) in [5, 5.41) is 3.18. The fourth-order valence-electron chi connectivity index (χ4n) is 2.60. The molecule has 0 spiro atoms. The summed E-state index contributed by atoms with van der Waals surface area (Å²) in [6, 6.07) is 6.34. The molecule has 0 saturated carbocycles. The number of pyridine rings is 1. The van der Waals surface area contributed by atoms with Gasteiger partial charge in [0.15, 0.2) is 0 Å². The van der Waals surface area contributed by atoms with Crippen molar-refractivity contribution in [1.82, 2.24) is 20.3 Å². The van der Waals surface area contributed by atoms with Gasteiger partial charge in [0.25, 0.3) is 5.91 Å². The Morgan fingerprint density at radius 1 is 1.14 bits per heavy atom. The van der Waals surface area contributed by atoms with Gasteiger partial charge in [-0.1, -0.05) is 27.5 Å². The predicted octanol–water partition coefficient (Wildman–Crippen LogP) is 5.46. The van der Waals surface area contributed by atoms with Gasteiger partial charge in [0, 0.05) is 33.6 Å². The molecule has 2 aromatic heterocycles. The van der Waals surface area contributed by atoms with Crippen LogP contribution >= 0.6 is 27.5 Å². The second kappa shape index (κ2) is 8.46. The summed E-state index contributed by atoms with van der Waals surface area (Å²) in [4.78, 5) is 24.8. The number of halogens is 5. The van der Waals surface area contributed by atoms with Crippen LogP contribution in [0.4, 0.5) is 13.2 Å². The van der Waals surface area contributed by atoms with Crippen LogP contribution in [0.25, 0.3) is 11.4 Å². The van der Waals surface area contributed by atoms with Crippen molar-refractivity contribution in [2.24, 2.45) is 0 Å². The standard InChI is InChI=1S/C19H13BrClF3N4O/c1-10(28-18(29)11-6-13(20)8-14(21)7-11)16-17(26-5-4-25-16)15-3-2-12(9-27-15)19(22,23)24/h2-10H,1H3,(H,28,29). The van der Waals surface area contributed by atoms with Gasteiger partial charge >= 0.3 is 6.18 Å². The highest BCUT2D eigenvalue weighted by molar-refractivity contribution is 9.10. The van der Waals surface area contributed by atoms with E-state index in [1.54, 1.807) is 19.1 Å². The summed E-state index contributed by atoms with van der Waals surface area (Å²) in [6.07, 6.45) is -0.911. The Morgan fingerprint density at radius 3 is 2.48 bits per heavy atom. The van der Waals surface area contributed by atoms with E-state index in [0.717, 1.165) is 12.3 Å². The molecule has 10 heteroatoms. The average molecular weight is 486 g/mol. The summed E-state index contributed by atoms with van der Waals surface area (Å²) in [5.74, 6) is -0.391. The molecule has 1 atom stereocenters. The minimum absolute atomic E-state index is 0.215. The maximum Gasteiger partial charge on any atom is 0.417 e. The van der Waals surface area contributed by atoms with E-state index in [1.807, 2.05) is 0 Å². The maximum atomic E-state index is 12.8. The number of nitrogens with one attached hydrogen (secondary N) is 1. The lowest BCUT2D eigenvalue weighted by atomic mass is 10.1. The fraction of sp³-hybridized carbons (Fsp3) is 0.158. The number of benzene rings is 1. The Labute approximate surface area is 177 Å². The van der Waals surface area contributed by atoms with Crippen molar-refractivity contribution in [3.8, 4) is 11.4 Å². The fourth-order valence-corrected chi connectivity index (χ4v) is 3.46. The van der Waals surface area contributed by atoms with Crippen LogP contribution in [0, 0.1) is 0 Å². The minimum atomic E-state index is -4.48. The van der Waals surface area contributed by atoms with Crippen LogP contribution in [0.2, 0.25) is 5.02 Å². The topological polar surface area (TPSA) is 67.8 Å². The highest BCUT2D eigenvalue weighted by Crippen LogP contribution is 2.30. The van der Waals surface area contributed by atoms with Gasteiger partial charge in [-0.2, -0.15) is 13.2 Å². The van der Waals surface area contributed by atoms with Crippen molar-refractivity contribution in [2.75, 3.05) is 0 Å². The number of carbonyl (C=O) groups is 1. The van der Waals surface area contributed by atoms with Crippen LogP contribution in [0.3, 0.4) is 0 Å². The molecule has 150 valence electrons. The Kier molecular flexibility index (Phi) is 6.18. The molecule has 0 aliphatic carbocycles. The van der Waals surface area contributed by atoms with Crippen LogP contribution in [-0.2, 0) is 6.18 Å². The van der Waals surface area contributed by atoms with Crippen molar-refractivity contribution in [2.45, 2.75) is 19.1 Å². The van der Waals surface area contributed by atoms with Crippen molar-refractivity contribution < 1.29 is 18.0 Å². The van der Waals surface area contributed by atoms with Crippen LogP contribution in [0.15, 0.2) is 53.4 Å². The van der Waals surface area contributed by atoms with Gasteiger partial charge in [0.2, 0.25) is 0 Å². The van der Waals surface area contributed by atoms with Crippen LogP contribution in [-0.4, -0.2) is 20.9 Å². The van der Waals surface area contributed by atoms with E-state index in [1.165, 1.54) is 24.5 Å². The monoisotopic (exact) mass is 484 g/mol. The van der Waals surface area contributed by atoms with E-state index in [4.69, 9.17) is 11.6 Å². The van der Waals surface area contributed by atoms with Crippen molar-refractivity contribution >= 4 is 33.4 Å². The Morgan fingerprint density at radius 2 is 1.86 bits per heavy atom. The molecule has 0 aliphatic heterocycles. The highest BCUT2D eigenvalue weighted by atomic mass is 79.9. The number of nitrogens with zero attached hydrogens (tertiary/aromatic N) is 3. The molecule has 0 aliphatic rings. The molecule has 1 N–H and O–H groups in total. The zero-order valence-corrected chi connectivity index (χ0v) is 17.2. The second-order valence-electron chi connectivity index (χ2n) is 6.07. The first-order valence-electron chi connectivity index (χ1n) is 8.26. The summed E-state index contributed by atoms with van der Waals surface area (Å²) in [5.41, 5.74) is 0.345. The zero-order valence-electron chi connectivity index (χ0n) is 14.8. The Hall–Kier alpha value is -2.52. The van der Waals surface area contributed by atoms with Crippen LogP contribution in [0.1, 0.15) is 34.6 Å². The van der Waals surface area contributed by atoms with E-state index in [9.17, 15) is 18.0 Å². The normalized spacial score (nSPS) is 12.5. The molecule has 0 fully saturated rings. The SMILES string of the molecule is CC(NC(=O)c1cc(Cl)cc(Br)c1)c1nccnc1-c1ccc(C(F)(F)F)cn1. The molecule has 0 saturated heterocycles. The number of carbonyl (C=O) groups excluding carboxylic acids is 1. The zero-order chi connectivity index (χ0) is 21.2. The molecule has 3 rings (SSSR count). The molecule has 1 aromatic carbocycles. The average Bonchev–Trinajstić information content (AvgIpc) is 2.66. The van der Waals surface area contributed by atoms with E-state index in [2.05, 4.69) is 36.2 Å². The van der Waals surface area contributed by atoms with Gasteiger partial charge in [-0.3, -0.25) is 19.7 Å². The number of aromatic nitrogens is 3. The van der Waals surface area contributed by atoms with E-state index in [0.29, 0.717) is 20.8 Å². The first-order chi connectivity index (χ1) is 13.6. The van der Waals surface area contributed by atoms with Gasteiger partial charge < -0.3 is 5.32 Å². The van der Waals surface area contributed by atoms with E-state index >= 15 is 0 Å². The number of hydrogen-bond acceptors (Lipinski definition) is 4. The molecule has 1 amide bonds. The van der Waals surface area contributed by atoms with Gasteiger partial charge in [-0.15, -0.1) is 0 Å². The summed E-state index contributed by atoms with van der Waals surface area (Å²) < 4.78 is 38.9. The van der Waals surface area contributed by atoms with E-state index < -0.39 is 23.7 Å². The Balaban J connectivity index is 1.87. The molecular weight excluding hydrogens is 473 g/mol. The van der Waals surface area contributed by atoms with Crippen LogP contribution < -0.4 is 5.32 Å². The molecule has 0 radical (unpaired) electrons. The Bertz CT molecular complexity index is 1020. The first kappa shape index (κ1) is 21.2. The number of alkyl halides is 3. The first-order valence-corrected chi connectivity index (χ1v) is 9.43. The largest absolute Gasteiger partial charge is 0.417 e. The highest BCUT2D eigenvalue weighted by Gasteiger charge is 2.31. The quantitative estimate of drug-likeness (QED) is 0.532. The molecule has 5 nitrogen and oxygen atoms in total. The molecule has 1 unspecified atom stereocenters. The summed E-state index contributed by atoms with van der Waals surface area (Å²) >= 11 is 9.26. The van der Waals surface area contributed by atoms with Gasteiger partial charge in [-0.25, -0.2) is 0 Å². The van der Waals surface area contributed by atoms with Gasteiger partial charge in [0.1, 0.15) is 5.69 Å². The predicted molar refractivity (Wildman–Crippen MR) is 105 cm³/mol. The smallest absolute Gasteiger partial charge is 0.344 e. The third-order valence-corrected chi connectivity index (χ3v) is 4.62. The van der Waals surface area contributed by atoms with Gasteiger partial charge in [0.05, 0.1) is 23.0 Å². The molecular formula is C19H13BrClF3N4O. The number of rotatable bonds is 4. The summed E-state index contributed by atoms with van der Waals surface area (Å²) in [6.45, 7) is 1.69. The third-order valence-electron chi connectivity index (χ3n) is 3.94. The molecule has 0 bridgehead atoms. The molecule has 3 aromatic rings. The molecule has 2 heterocycles. The van der Waals surface area contributed by atoms with Crippen molar-refractivity contribution in [3.63, 3.8) is 0 Å². The van der Waals surface area contributed by atoms with Crippen molar-refractivity contribution in [1.29, 1.82) is 0 Å². The van der Waals surface area contributed by atoms with Crippen LogP contribution in [0.5, 0.6) is 0 Å². The van der Waals surface area contributed by atoms with Crippen molar-refractivity contribution in [3.05, 3.63) is 75.2 Å². The minimum Gasteiger partial charge on any atom is -0.344 e. The molecule has 29 heavy (non-hydrogen) atoms. The van der Waals surface area contributed by atoms with Gasteiger partial charge in [-0.05, 0) is 37.3 Å².